The Morgan fingerprint density at radius 2 is 2.19 bits per heavy atom. The molecule has 0 unspecified atom stereocenters. The second-order valence-corrected chi connectivity index (χ2v) is 7.15. The van der Waals surface area contributed by atoms with Gasteiger partial charge in [0.2, 0.25) is 0 Å². The fourth-order valence-electron chi connectivity index (χ4n) is 2.53. The van der Waals surface area contributed by atoms with Gasteiger partial charge in [-0.05, 0) is 34.4 Å². The van der Waals surface area contributed by atoms with Crippen molar-refractivity contribution in [2.75, 3.05) is 30.9 Å². The normalized spacial score (nSPS) is 11.4. The van der Waals surface area contributed by atoms with Crippen LogP contribution in [0, 0.1) is 5.92 Å². The molecule has 0 aromatic carbocycles. The summed E-state index contributed by atoms with van der Waals surface area (Å²) in [6.45, 7) is 4.50. The van der Waals surface area contributed by atoms with Gasteiger partial charge in [-0.25, -0.2) is 4.79 Å². The predicted molar refractivity (Wildman–Crippen MR) is 108 cm³/mol. The zero-order chi connectivity index (χ0) is 20.0. The van der Waals surface area contributed by atoms with Crippen molar-refractivity contribution >= 4 is 34.8 Å². The van der Waals surface area contributed by atoms with Crippen LogP contribution in [-0.2, 0) is 16.1 Å². The molecule has 9 heteroatoms. The number of aromatic amines is 1. The molecule has 0 saturated heterocycles. The minimum absolute atomic E-state index is 0.0363. The third kappa shape index (κ3) is 5.18. The maximum Gasteiger partial charge on any atom is 0.330 e. The van der Waals surface area contributed by atoms with Crippen molar-refractivity contribution in [3.05, 3.63) is 49.3 Å². The molecule has 0 saturated carbocycles. The molecule has 0 aliphatic carbocycles. The first kappa shape index (κ1) is 20.7. The second kappa shape index (κ2) is 9.33. The largest absolute Gasteiger partial charge is 0.383 e. The standard InChI is InChI=1S/C18H24N4O4S/c1-12(2)10-22-16(19)15(17(24)20-18(22)25)21(7-8-26-3)14(23)5-4-13-6-9-27-11-13/h4-6,9,11-12H,7-8,10,19H2,1-3H3,(H,20,24,25)/b5-4+. The zero-order valence-corrected chi connectivity index (χ0v) is 16.4. The molecule has 2 aromatic heterocycles. The van der Waals surface area contributed by atoms with E-state index in [1.165, 1.54) is 34.0 Å². The third-order valence-electron chi connectivity index (χ3n) is 3.78. The summed E-state index contributed by atoms with van der Waals surface area (Å²) in [5.41, 5.74) is 5.66. The zero-order valence-electron chi connectivity index (χ0n) is 15.6. The molecule has 8 nitrogen and oxygen atoms in total. The summed E-state index contributed by atoms with van der Waals surface area (Å²) in [5.74, 6) is -0.332. The number of thiophene rings is 1. The molecule has 0 atom stereocenters. The lowest BCUT2D eigenvalue weighted by Crippen LogP contribution is -2.42. The van der Waals surface area contributed by atoms with Crippen molar-refractivity contribution in [1.29, 1.82) is 0 Å². The van der Waals surface area contributed by atoms with Crippen LogP contribution in [0.25, 0.3) is 6.08 Å². The van der Waals surface area contributed by atoms with E-state index in [9.17, 15) is 14.4 Å². The molecular formula is C18H24N4O4S. The van der Waals surface area contributed by atoms with Crippen LogP contribution < -0.4 is 21.9 Å². The van der Waals surface area contributed by atoms with E-state index in [2.05, 4.69) is 4.98 Å². The number of H-pyrrole nitrogens is 1. The molecule has 146 valence electrons. The number of nitrogens with two attached hydrogens (primary N) is 1. The number of nitrogens with one attached hydrogen (secondary N) is 1. The fraction of sp³-hybridized carbons (Fsp3) is 0.389. The number of aromatic nitrogens is 2. The first-order chi connectivity index (χ1) is 12.8. The number of carbonyl (C=O) groups excluding carboxylic acids is 1. The van der Waals surface area contributed by atoms with Crippen LogP contribution in [0.2, 0.25) is 0 Å². The van der Waals surface area contributed by atoms with Crippen molar-refractivity contribution in [3.8, 4) is 0 Å². The van der Waals surface area contributed by atoms with E-state index in [1.54, 1.807) is 6.08 Å². The average molecular weight is 392 g/mol. The first-order valence-corrected chi connectivity index (χ1v) is 9.42. The van der Waals surface area contributed by atoms with Crippen LogP contribution in [0.3, 0.4) is 0 Å². The average Bonchev–Trinajstić information content (AvgIpc) is 3.12. The van der Waals surface area contributed by atoms with Crippen LogP contribution in [0.5, 0.6) is 0 Å². The third-order valence-corrected chi connectivity index (χ3v) is 4.48. The van der Waals surface area contributed by atoms with Gasteiger partial charge in [-0.3, -0.25) is 24.0 Å². The van der Waals surface area contributed by atoms with E-state index in [1.807, 2.05) is 30.7 Å². The summed E-state index contributed by atoms with van der Waals surface area (Å²) in [5, 5.41) is 3.80. The lowest BCUT2D eigenvalue weighted by molar-refractivity contribution is -0.114. The van der Waals surface area contributed by atoms with Gasteiger partial charge in [0.1, 0.15) is 5.82 Å². The Bertz CT molecular complexity index is 912. The van der Waals surface area contributed by atoms with Gasteiger partial charge in [0.05, 0.1) is 6.61 Å². The highest BCUT2D eigenvalue weighted by Gasteiger charge is 2.23. The minimum atomic E-state index is -0.703. The Morgan fingerprint density at radius 3 is 2.78 bits per heavy atom. The van der Waals surface area contributed by atoms with Crippen LogP contribution in [0.4, 0.5) is 11.5 Å². The lowest BCUT2D eigenvalue weighted by atomic mass is 10.2. The Morgan fingerprint density at radius 1 is 1.44 bits per heavy atom. The number of hydrogen-bond donors (Lipinski definition) is 2. The highest BCUT2D eigenvalue weighted by Crippen LogP contribution is 2.18. The summed E-state index contributed by atoms with van der Waals surface area (Å²) >= 11 is 1.51. The van der Waals surface area contributed by atoms with Gasteiger partial charge in [-0.1, -0.05) is 13.8 Å². The molecule has 2 aromatic rings. The molecule has 3 N–H and O–H groups in total. The molecule has 0 fully saturated rings. The molecule has 0 bridgehead atoms. The summed E-state index contributed by atoms with van der Waals surface area (Å²) in [4.78, 5) is 40.8. The maximum atomic E-state index is 12.8. The van der Waals surface area contributed by atoms with Crippen LogP contribution >= 0.6 is 11.3 Å². The summed E-state index contributed by atoms with van der Waals surface area (Å²) < 4.78 is 6.33. The number of nitrogens with zero attached hydrogens (tertiary/aromatic N) is 2. The van der Waals surface area contributed by atoms with Gasteiger partial charge in [0, 0.05) is 26.3 Å². The number of carbonyl (C=O) groups is 1. The first-order valence-electron chi connectivity index (χ1n) is 8.48. The van der Waals surface area contributed by atoms with E-state index in [0.29, 0.717) is 6.54 Å². The number of amides is 1. The molecule has 0 spiro atoms. The van der Waals surface area contributed by atoms with Crippen molar-refractivity contribution in [1.82, 2.24) is 9.55 Å². The smallest absolute Gasteiger partial charge is 0.330 e. The molecule has 1 amide bonds. The SMILES string of the molecule is COCCN(C(=O)/C=C/c1ccsc1)c1c(N)n(CC(C)C)c(=O)[nH]c1=O. The Balaban J connectivity index is 2.48. The number of ether oxygens (including phenoxy) is 1. The quantitative estimate of drug-likeness (QED) is 0.662. The molecular weight excluding hydrogens is 368 g/mol. The number of methoxy groups -OCH3 is 1. The van der Waals surface area contributed by atoms with Crippen molar-refractivity contribution in [3.63, 3.8) is 0 Å². The number of anilines is 2. The Hall–Kier alpha value is -2.65. The summed E-state index contributed by atoms with van der Waals surface area (Å²) in [6, 6.07) is 1.87. The number of rotatable bonds is 8. The van der Waals surface area contributed by atoms with Crippen LogP contribution in [0.1, 0.15) is 19.4 Å². The van der Waals surface area contributed by atoms with E-state index in [0.717, 1.165) is 5.56 Å². The molecule has 2 rings (SSSR count). The highest BCUT2D eigenvalue weighted by atomic mass is 32.1. The molecule has 0 aliphatic heterocycles. The van der Waals surface area contributed by atoms with E-state index >= 15 is 0 Å². The van der Waals surface area contributed by atoms with Crippen molar-refractivity contribution < 1.29 is 9.53 Å². The maximum absolute atomic E-state index is 12.8. The van der Waals surface area contributed by atoms with Gasteiger partial charge in [-0.2, -0.15) is 11.3 Å². The monoisotopic (exact) mass is 392 g/mol. The highest BCUT2D eigenvalue weighted by molar-refractivity contribution is 7.08. The molecule has 0 aliphatic rings. The van der Waals surface area contributed by atoms with E-state index in [4.69, 9.17) is 10.5 Å². The lowest BCUT2D eigenvalue weighted by Gasteiger charge is -2.23. The van der Waals surface area contributed by atoms with Gasteiger partial charge >= 0.3 is 5.69 Å². The van der Waals surface area contributed by atoms with Crippen molar-refractivity contribution in [2.45, 2.75) is 20.4 Å². The van der Waals surface area contributed by atoms with Crippen molar-refractivity contribution in [2.24, 2.45) is 5.92 Å². The van der Waals surface area contributed by atoms with Gasteiger partial charge < -0.3 is 10.5 Å². The number of hydrogen-bond acceptors (Lipinski definition) is 6. The van der Waals surface area contributed by atoms with Crippen LogP contribution in [0.15, 0.2) is 32.5 Å². The van der Waals surface area contributed by atoms with Gasteiger partial charge in [-0.15, -0.1) is 0 Å². The van der Waals surface area contributed by atoms with Gasteiger partial charge in [0.25, 0.3) is 11.5 Å². The second-order valence-electron chi connectivity index (χ2n) is 6.37. The van der Waals surface area contributed by atoms with Crippen LogP contribution in [-0.4, -0.2) is 35.7 Å². The fourth-order valence-corrected chi connectivity index (χ4v) is 3.16. The number of nitrogen functional groups attached to an aromatic ring is 1. The Kier molecular flexibility index (Phi) is 7.14. The Labute approximate surface area is 160 Å². The summed E-state index contributed by atoms with van der Waals surface area (Å²) in [7, 11) is 1.50. The minimum Gasteiger partial charge on any atom is -0.383 e. The molecule has 0 radical (unpaired) electrons. The molecule has 2 heterocycles. The molecule has 27 heavy (non-hydrogen) atoms. The predicted octanol–water partition coefficient (Wildman–Crippen LogP) is 1.53. The summed E-state index contributed by atoms with van der Waals surface area (Å²) in [6.07, 6.45) is 3.03. The van der Waals surface area contributed by atoms with E-state index < -0.39 is 17.2 Å². The van der Waals surface area contributed by atoms with E-state index in [-0.39, 0.29) is 30.6 Å². The topological polar surface area (TPSA) is 110 Å². The van der Waals surface area contributed by atoms with Gasteiger partial charge in [0.15, 0.2) is 5.69 Å².